The third-order valence-electron chi connectivity index (χ3n) is 3.43. The maximum absolute atomic E-state index is 10.0. The third-order valence-corrected chi connectivity index (χ3v) is 3.43. The summed E-state index contributed by atoms with van der Waals surface area (Å²) >= 11 is 0. The number of hydrogen-bond donors (Lipinski definition) is 1. The quantitative estimate of drug-likeness (QED) is 0.665. The van der Waals surface area contributed by atoms with Crippen LogP contribution in [0.25, 0.3) is 0 Å². The van der Waals surface area contributed by atoms with E-state index >= 15 is 0 Å². The topological polar surface area (TPSA) is 37.3 Å². The van der Waals surface area contributed by atoms with Gasteiger partial charge in [-0.15, -0.1) is 0 Å². The highest BCUT2D eigenvalue weighted by molar-refractivity contribution is 5.72. The van der Waals surface area contributed by atoms with E-state index in [2.05, 4.69) is 27.7 Å². The van der Waals surface area contributed by atoms with E-state index < -0.39 is 11.4 Å². The number of rotatable bonds is 8. The molecular weight excluding hydrogens is 250 g/mol. The largest absolute Gasteiger partial charge is 0.481 e. The molecule has 0 radical (unpaired) electrons. The van der Waals surface area contributed by atoms with Crippen LogP contribution >= 0.6 is 0 Å². The average Bonchev–Trinajstić information content (AvgIpc) is 2.29. The minimum atomic E-state index is -0.757. The number of nitrogens with zero attached hydrogens (tertiary/aromatic N) is 1. The van der Waals surface area contributed by atoms with E-state index in [0.717, 1.165) is 0 Å². The molecule has 0 aromatic heterocycles. The molecule has 0 aliphatic heterocycles. The Balaban J connectivity index is 0. The zero-order valence-corrected chi connectivity index (χ0v) is 15.0. The van der Waals surface area contributed by atoms with Crippen molar-refractivity contribution < 1.29 is 14.4 Å². The fourth-order valence-corrected chi connectivity index (χ4v) is 2.57. The van der Waals surface area contributed by atoms with Crippen molar-refractivity contribution in [3.05, 3.63) is 0 Å². The van der Waals surface area contributed by atoms with Gasteiger partial charge < -0.3 is 9.59 Å². The zero-order chi connectivity index (χ0) is 16.2. The smallest absolute Gasteiger partial charge is 0.308 e. The lowest BCUT2D eigenvalue weighted by Crippen LogP contribution is -2.50. The summed E-state index contributed by atoms with van der Waals surface area (Å²) in [5.41, 5.74) is -0.583. The zero-order valence-electron chi connectivity index (χ0n) is 15.0. The second-order valence-corrected chi connectivity index (χ2v) is 6.79. The van der Waals surface area contributed by atoms with Crippen LogP contribution in [0.3, 0.4) is 0 Å². The van der Waals surface area contributed by atoms with Gasteiger partial charge in [-0.2, -0.15) is 0 Å². The maximum atomic E-state index is 10.0. The number of carboxylic acids is 1. The van der Waals surface area contributed by atoms with Crippen molar-refractivity contribution in [1.82, 2.24) is 0 Å². The molecule has 0 aromatic rings. The van der Waals surface area contributed by atoms with E-state index in [4.69, 9.17) is 5.11 Å². The number of quaternary nitrogens is 1. The van der Waals surface area contributed by atoms with E-state index in [1.54, 1.807) is 20.8 Å². The molecule has 0 unspecified atom stereocenters. The molecular formula is C17H38NO2+. The number of carboxylic acid groups (broad SMARTS) is 1. The van der Waals surface area contributed by atoms with Crippen LogP contribution < -0.4 is 0 Å². The summed E-state index contributed by atoms with van der Waals surface area (Å²) in [6, 6.07) is 0. The minimum absolute atomic E-state index is 0.583. The van der Waals surface area contributed by atoms with Gasteiger partial charge in [-0.3, -0.25) is 4.79 Å². The van der Waals surface area contributed by atoms with E-state index in [1.807, 2.05) is 0 Å². The highest BCUT2D eigenvalue weighted by atomic mass is 16.4. The van der Waals surface area contributed by atoms with Crippen LogP contribution in [0.1, 0.15) is 74.1 Å². The molecule has 0 fully saturated rings. The first kappa shape index (κ1) is 21.7. The molecule has 20 heavy (non-hydrogen) atoms. The predicted molar refractivity (Wildman–Crippen MR) is 88.0 cm³/mol. The Labute approximate surface area is 127 Å². The van der Waals surface area contributed by atoms with Gasteiger partial charge in [-0.1, -0.05) is 27.7 Å². The van der Waals surface area contributed by atoms with Crippen LogP contribution in [0.4, 0.5) is 0 Å². The molecule has 0 aliphatic rings. The second-order valence-electron chi connectivity index (χ2n) is 6.79. The van der Waals surface area contributed by atoms with E-state index in [9.17, 15) is 4.79 Å². The maximum Gasteiger partial charge on any atom is 0.308 e. The number of aliphatic carboxylic acids is 1. The van der Waals surface area contributed by atoms with Gasteiger partial charge in [0.15, 0.2) is 0 Å². The molecule has 0 aliphatic carbocycles. The van der Waals surface area contributed by atoms with Gasteiger partial charge in [0.1, 0.15) is 0 Å². The predicted octanol–water partition coefficient (Wildman–Crippen LogP) is 4.56. The summed E-state index contributed by atoms with van der Waals surface area (Å²) in [5.74, 6) is -0.757. The van der Waals surface area contributed by atoms with E-state index in [1.165, 1.54) is 56.3 Å². The third kappa shape index (κ3) is 10.2. The fourth-order valence-electron chi connectivity index (χ4n) is 2.57. The van der Waals surface area contributed by atoms with Crippen molar-refractivity contribution in [2.24, 2.45) is 5.41 Å². The average molecular weight is 288 g/mol. The summed E-state index contributed by atoms with van der Waals surface area (Å²) in [6.45, 7) is 19.8. The highest BCUT2D eigenvalue weighted by Gasteiger charge is 2.22. The van der Waals surface area contributed by atoms with Gasteiger partial charge in [0.2, 0.25) is 0 Å². The lowest BCUT2D eigenvalue weighted by molar-refractivity contribution is -0.928. The molecule has 0 aromatic carbocycles. The number of carbonyl (C=O) groups is 1. The van der Waals surface area contributed by atoms with E-state index in [-0.39, 0.29) is 0 Å². The fraction of sp³-hybridized carbons (Fsp3) is 0.941. The van der Waals surface area contributed by atoms with Crippen LogP contribution in [0.5, 0.6) is 0 Å². The van der Waals surface area contributed by atoms with Crippen molar-refractivity contribution in [2.45, 2.75) is 74.1 Å². The second kappa shape index (κ2) is 11.1. The van der Waals surface area contributed by atoms with Gasteiger partial charge in [0.25, 0.3) is 0 Å². The first-order valence-electron chi connectivity index (χ1n) is 8.27. The molecule has 0 spiro atoms. The summed E-state index contributed by atoms with van der Waals surface area (Å²) in [7, 11) is 0. The van der Waals surface area contributed by atoms with Crippen LogP contribution in [0.15, 0.2) is 0 Å². The van der Waals surface area contributed by atoms with Crippen molar-refractivity contribution >= 4 is 5.97 Å². The molecule has 1 N–H and O–H groups in total. The minimum Gasteiger partial charge on any atom is -0.481 e. The monoisotopic (exact) mass is 288 g/mol. The van der Waals surface area contributed by atoms with Crippen LogP contribution in [-0.2, 0) is 4.79 Å². The number of hydrogen-bond acceptors (Lipinski definition) is 1. The molecule has 0 saturated carbocycles. The lowest BCUT2D eigenvalue weighted by Gasteiger charge is -2.38. The lowest BCUT2D eigenvalue weighted by atomic mass is 9.98. The van der Waals surface area contributed by atoms with E-state index in [0.29, 0.717) is 0 Å². The molecule has 3 nitrogen and oxygen atoms in total. The Morgan fingerprint density at radius 2 is 1.00 bits per heavy atom. The molecule has 0 heterocycles. The van der Waals surface area contributed by atoms with Gasteiger partial charge in [-0.05, 0) is 46.5 Å². The van der Waals surface area contributed by atoms with Gasteiger partial charge in [-0.25, -0.2) is 0 Å². The first-order valence-corrected chi connectivity index (χ1v) is 8.27. The van der Waals surface area contributed by atoms with Crippen LogP contribution in [-0.4, -0.2) is 41.7 Å². The summed E-state index contributed by atoms with van der Waals surface area (Å²) in [5, 5.41) is 8.25. The Morgan fingerprint density at radius 3 is 1.10 bits per heavy atom. The molecule has 0 amide bonds. The Hall–Kier alpha value is -0.570. The van der Waals surface area contributed by atoms with Gasteiger partial charge >= 0.3 is 5.97 Å². The Bertz CT molecular complexity index is 214. The Kier molecular flexibility index (Phi) is 12.1. The van der Waals surface area contributed by atoms with Crippen LogP contribution in [0, 0.1) is 5.41 Å². The standard InChI is InChI=1S/C12H28N.C5H10O2/c1-5-9-13(10-6-2,11-7-3)12-8-4;1-5(2,3)4(6)7/h5-12H2,1-4H3;1-3H3,(H,6,7)/q+1;. The molecule has 0 bridgehead atoms. The summed E-state index contributed by atoms with van der Waals surface area (Å²) in [4.78, 5) is 10.0. The SMILES string of the molecule is CC(C)(C)C(=O)O.CCC[N+](CCC)(CCC)CCC. The van der Waals surface area contributed by atoms with Crippen molar-refractivity contribution in [1.29, 1.82) is 0 Å². The van der Waals surface area contributed by atoms with Gasteiger partial charge in [0.05, 0.1) is 31.6 Å². The molecule has 0 rings (SSSR count). The van der Waals surface area contributed by atoms with Crippen molar-refractivity contribution in [3.8, 4) is 0 Å². The van der Waals surface area contributed by atoms with Crippen LogP contribution in [0.2, 0.25) is 0 Å². The molecule has 3 heteroatoms. The van der Waals surface area contributed by atoms with Gasteiger partial charge in [0, 0.05) is 0 Å². The Morgan fingerprint density at radius 1 is 0.800 bits per heavy atom. The first-order chi connectivity index (χ1) is 9.19. The normalized spacial score (nSPS) is 11.8. The summed E-state index contributed by atoms with van der Waals surface area (Å²) in [6.07, 6.45) is 5.33. The van der Waals surface area contributed by atoms with Crippen molar-refractivity contribution in [3.63, 3.8) is 0 Å². The molecule has 122 valence electrons. The summed E-state index contributed by atoms with van der Waals surface area (Å²) < 4.78 is 1.38. The highest BCUT2D eigenvalue weighted by Crippen LogP contribution is 2.12. The molecule has 0 atom stereocenters. The van der Waals surface area contributed by atoms with Crippen molar-refractivity contribution in [2.75, 3.05) is 26.2 Å². The molecule has 0 saturated heterocycles.